The second-order valence-corrected chi connectivity index (χ2v) is 7.24. The standard InChI is InChI=1S/C17H26BrN3O2/c18-14-8-4-7-13(9-14)11-20-21-17(23)16(22)15(19)10-12-5-2-1-3-6-12/h4,7-9,12,15-16,20,22H,1-3,5-6,10-11,19H2,(H,21,23). The van der Waals surface area contributed by atoms with Crippen LogP contribution in [0.25, 0.3) is 0 Å². The first kappa shape index (κ1) is 18.4. The number of hydrogen-bond acceptors (Lipinski definition) is 4. The average molecular weight is 384 g/mol. The minimum Gasteiger partial charge on any atom is -0.382 e. The molecule has 1 aliphatic carbocycles. The molecule has 2 rings (SSSR count). The van der Waals surface area contributed by atoms with E-state index in [4.69, 9.17) is 5.73 Å². The summed E-state index contributed by atoms with van der Waals surface area (Å²) in [7, 11) is 0. The Kier molecular flexibility index (Phi) is 7.49. The lowest BCUT2D eigenvalue weighted by Crippen LogP contribution is -2.50. The quantitative estimate of drug-likeness (QED) is 0.543. The van der Waals surface area contributed by atoms with E-state index in [1.807, 2.05) is 24.3 Å². The van der Waals surface area contributed by atoms with Gasteiger partial charge in [0.2, 0.25) is 0 Å². The zero-order valence-corrected chi connectivity index (χ0v) is 14.9. The predicted octanol–water partition coefficient (Wildman–Crippen LogP) is 2.23. The number of halogens is 1. The van der Waals surface area contributed by atoms with Crippen LogP contribution >= 0.6 is 15.9 Å². The van der Waals surface area contributed by atoms with Crippen LogP contribution in [-0.4, -0.2) is 23.2 Å². The number of carbonyl (C=O) groups is 1. The molecular formula is C17H26BrN3O2. The third-order valence-corrected chi connectivity index (χ3v) is 4.89. The lowest BCUT2D eigenvalue weighted by Gasteiger charge is -2.26. The summed E-state index contributed by atoms with van der Waals surface area (Å²) >= 11 is 3.40. The van der Waals surface area contributed by atoms with Crippen molar-refractivity contribution in [1.29, 1.82) is 0 Å². The molecule has 0 aliphatic heterocycles. The van der Waals surface area contributed by atoms with E-state index in [0.717, 1.165) is 22.9 Å². The van der Waals surface area contributed by atoms with Gasteiger partial charge in [-0.3, -0.25) is 10.2 Å². The first-order valence-electron chi connectivity index (χ1n) is 8.27. The van der Waals surface area contributed by atoms with Crippen molar-refractivity contribution in [2.24, 2.45) is 11.7 Å². The Morgan fingerprint density at radius 1 is 1.35 bits per heavy atom. The summed E-state index contributed by atoms with van der Waals surface area (Å²) in [5.74, 6) is 0.0686. The molecule has 0 saturated heterocycles. The Morgan fingerprint density at radius 2 is 2.09 bits per heavy atom. The van der Waals surface area contributed by atoms with Gasteiger partial charge in [-0.05, 0) is 30.0 Å². The molecule has 1 aliphatic rings. The van der Waals surface area contributed by atoms with Crippen molar-refractivity contribution in [3.05, 3.63) is 34.3 Å². The van der Waals surface area contributed by atoms with Crippen molar-refractivity contribution >= 4 is 21.8 Å². The fourth-order valence-corrected chi connectivity index (χ4v) is 3.53. The van der Waals surface area contributed by atoms with E-state index in [9.17, 15) is 9.90 Å². The van der Waals surface area contributed by atoms with Crippen LogP contribution in [0.15, 0.2) is 28.7 Å². The largest absolute Gasteiger partial charge is 0.382 e. The molecule has 0 bridgehead atoms. The molecule has 0 spiro atoms. The van der Waals surface area contributed by atoms with E-state index < -0.39 is 18.1 Å². The number of nitrogens with two attached hydrogens (primary N) is 1. The second-order valence-electron chi connectivity index (χ2n) is 6.32. The second kappa shape index (κ2) is 9.37. The van der Waals surface area contributed by atoms with Crippen LogP contribution in [0.3, 0.4) is 0 Å². The zero-order valence-electron chi connectivity index (χ0n) is 13.3. The van der Waals surface area contributed by atoms with E-state index in [1.54, 1.807) is 0 Å². The lowest BCUT2D eigenvalue weighted by molar-refractivity contribution is -0.131. The highest BCUT2D eigenvalue weighted by Crippen LogP contribution is 2.27. The van der Waals surface area contributed by atoms with Gasteiger partial charge in [0.15, 0.2) is 0 Å². The van der Waals surface area contributed by atoms with Crippen LogP contribution in [0.2, 0.25) is 0 Å². The highest BCUT2D eigenvalue weighted by molar-refractivity contribution is 9.10. The van der Waals surface area contributed by atoms with Gasteiger partial charge in [-0.2, -0.15) is 0 Å². The van der Waals surface area contributed by atoms with Gasteiger partial charge >= 0.3 is 0 Å². The minimum absolute atomic E-state index is 0.469. The van der Waals surface area contributed by atoms with Crippen LogP contribution in [0.5, 0.6) is 0 Å². The SMILES string of the molecule is NC(CC1CCCCC1)C(O)C(=O)NNCc1cccc(Br)c1. The Labute approximate surface area is 146 Å². The third kappa shape index (κ3) is 6.22. The molecule has 1 aromatic rings. The zero-order chi connectivity index (χ0) is 16.7. The van der Waals surface area contributed by atoms with Gasteiger partial charge in [0.05, 0.1) is 0 Å². The number of aliphatic hydroxyl groups is 1. The Balaban J connectivity index is 1.71. The van der Waals surface area contributed by atoms with Crippen molar-refractivity contribution in [3.8, 4) is 0 Å². The number of hydrazine groups is 1. The summed E-state index contributed by atoms with van der Waals surface area (Å²) in [5, 5.41) is 10.1. The van der Waals surface area contributed by atoms with Gasteiger partial charge < -0.3 is 10.8 Å². The topological polar surface area (TPSA) is 87.4 Å². The Bertz CT molecular complexity index is 506. The number of hydrogen-bond donors (Lipinski definition) is 4. The molecule has 2 atom stereocenters. The summed E-state index contributed by atoms with van der Waals surface area (Å²) in [5.41, 5.74) is 12.4. The molecule has 1 amide bonds. The highest BCUT2D eigenvalue weighted by atomic mass is 79.9. The summed E-state index contributed by atoms with van der Waals surface area (Å²) < 4.78 is 0.984. The van der Waals surface area contributed by atoms with E-state index >= 15 is 0 Å². The van der Waals surface area contributed by atoms with E-state index in [2.05, 4.69) is 26.8 Å². The number of benzene rings is 1. The van der Waals surface area contributed by atoms with Crippen molar-refractivity contribution in [3.63, 3.8) is 0 Å². The summed E-state index contributed by atoms with van der Waals surface area (Å²) in [6, 6.07) is 7.28. The molecule has 5 nitrogen and oxygen atoms in total. The third-order valence-electron chi connectivity index (χ3n) is 4.40. The first-order chi connectivity index (χ1) is 11.1. The maximum absolute atomic E-state index is 12.0. The van der Waals surface area contributed by atoms with Crippen molar-refractivity contribution in [2.75, 3.05) is 0 Å². The van der Waals surface area contributed by atoms with Crippen LogP contribution in [0, 0.1) is 5.92 Å². The number of aliphatic hydroxyl groups excluding tert-OH is 1. The fourth-order valence-electron chi connectivity index (χ4n) is 3.09. The molecule has 0 aromatic heterocycles. The fraction of sp³-hybridized carbons (Fsp3) is 0.588. The van der Waals surface area contributed by atoms with E-state index in [-0.39, 0.29) is 0 Å². The van der Waals surface area contributed by atoms with Gasteiger partial charge in [0.1, 0.15) is 6.10 Å². The van der Waals surface area contributed by atoms with Gasteiger partial charge in [-0.15, -0.1) is 0 Å². The smallest absolute Gasteiger partial charge is 0.264 e. The average Bonchev–Trinajstić information content (AvgIpc) is 2.55. The Morgan fingerprint density at radius 3 is 2.78 bits per heavy atom. The molecular weight excluding hydrogens is 358 g/mol. The molecule has 1 aromatic carbocycles. The molecule has 0 radical (unpaired) electrons. The lowest BCUT2D eigenvalue weighted by atomic mass is 9.84. The highest BCUT2D eigenvalue weighted by Gasteiger charge is 2.26. The van der Waals surface area contributed by atoms with Crippen LogP contribution in [-0.2, 0) is 11.3 Å². The normalized spacial score (nSPS) is 18.4. The van der Waals surface area contributed by atoms with Gasteiger partial charge in [-0.25, -0.2) is 5.43 Å². The van der Waals surface area contributed by atoms with Crippen molar-refractivity contribution in [2.45, 2.75) is 57.2 Å². The molecule has 5 N–H and O–H groups in total. The van der Waals surface area contributed by atoms with Crippen molar-refractivity contribution < 1.29 is 9.90 Å². The summed E-state index contributed by atoms with van der Waals surface area (Å²) in [4.78, 5) is 12.0. The molecule has 6 heteroatoms. The number of carbonyl (C=O) groups excluding carboxylic acids is 1. The number of nitrogens with one attached hydrogen (secondary N) is 2. The van der Waals surface area contributed by atoms with Gasteiger partial charge in [0.25, 0.3) is 5.91 Å². The van der Waals surface area contributed by atoms with Gasteiger partial charge in [-0.1, -0.05) is 60.2 Å². The molecule has 2 unspecified atom stereocenters. The molecule has 23 heavy (non-hydrogen) atoms. The first-order valence-corrected chi connectivity index (χ1v) is 9.06. The summed E-state index contributed by atoms with van der Waals surface area (Å²) in [6.07, 6.45) is 5.59. The predicted molar refractivity (Wildman–Crippen MR) is 94.3 cm³/mol. The van der Waals surface area contributed by atoms with Gasteiger partial charge in [0, 0.05) is 17.1 Å². The number of amides is 1. The number of rotatable bonds is 7. The monoisotopic (exact) mass is 383 g/mol. The molecule has 1 saturated carbocycles. The summed E-state index contributed by atoms with van der Waals surface area (Å²) in [6.45, 7) is 0.482. The van der Waals surface area contributed by atoms with Crippen LogP contribution < -0.4 is 16.6 Å². The molecule has 1 fully saturated rings. The van der Waals surface area contributed by atoms with E-state index in [1.165, 1.54) is 19.3 Å². The van der Waals surface area contributed by atoms with E-state index in [0.29, 0.717) is 18.9 Å². The maximum Gasteiger partial charge on any atom is 0.264 e. The van der Waals surface area contributed by atoms with Crippen LogP contribution in [0.4, 0.5) is 0 Å². The molecule has 128 valence electrons. The minimum atomic E-state index is -1.17. The van der Waals surface area contributed by atoms with Crippen molar-refractivity contribution in [1.82, 2.24) is 10.9 Å². The maximum atomic E-state index is 12.0. The molecule has 0 heterocycles. The Hall–Kier alpha value is -0.950. The van der Waals surface area contributed by atoms with Crippen LogP contribution in [0.1, 0.15) is 44.1 Å².